The largest absolute Gasteiger partial charge is 0.360 e. The van der Waals surface area contributed by atoms with Crippen molar-refractivity contribution in [3.63, 3.8) is 0 Å². The standard InChI is InChI=1S/C18H23FN4S/c1-12-17(21-18(24)20-15-8-4-5-9-15)13(2)23(22-12)11-14-7-3-6-10-16(14)19/h3,6-7,10,15H,4-5,8-9,11H2,1-2H3,(H2,20,21,24). The van der Waals surface area contributed by atoms with Crippen LogP contribution in [0.3, 0.4) is 0 Å². The average molecular weight is 346 g/mol. The van der Waals surface area contributed by atoms with Crippen molar-refractivity contribution < 1.29 is 4.39 Å². The molecule has 0 bridgehead atoms. The second-order valence-corrected chi connectivity index (χ2v) is 6.78. The molecule has 2 N–H and O–H groups in total. The first kappa shape index (κ1) is 16.9. The zero-order valence-corrected chi connectivity index (χ0v) is 14.9. The molecule has 0 atom stereocenters. The maximum absolute atomic E-state index is 13.9. The summed E-state index contributed by atoms with van der Waals surface area (Å²) in [6.07, 6.45) is 4.87. The van der Waals surface area contributed by atoms with E-state index in [1.165, 1.54) is 31.7 Å². The van der Waals surface area contributed by atoms with E-state index in [2.05, 4.69) is 15.7 Å². The number of nitrogens with zero attached hydrogens (tertiary/aromatic N) is 2. The highest BCUT2D eigenvalue weighted by molar-refractivity contribution is 7.80. The van der Waals surface area contributed by atoms with E-state index in [-0.39, 0.29) is 5.82 Å². The van der Waals surface area contributed by atoms with Gasteiger partial charge < -0.3 is 10.6 Å². The number of hydrogen-bond donors (Lipinski definition) is 2. The normalized spacial score (nSPS) is 14.8. The Kier molecular flexibility index (Phi) is 5.14. The molecule has 0 spiro atoms. The lowest BCUT2D eigenvalue weighted by Crippen LogP contribution is -2.36. The van der Waals surface area contributed by atoms with E-state index in [4.69, 9.17) is 12.2 Å². The number of hydrogen-bond acceptors (Lipinski definition) is 2. The molecule has 6 heteroatoms. The van der Waals surface area contributed by atoms with E-state index in [1.54, 1.807) is 12.1 Å². The van der Waals surface area contributed by atoms with Gasteiger partial charge in [0.2, 0.25) is 0 Å². The summed E-state index contributed by atoms with van der Waals surface area (Å²) >= 11 is 5.43. The van der Waals surface area contributed by atoms with Crippen molar-refractivity contribution in [1.29, 1.82) is 0 Å². The van der Waals surface area contributed by atoms with Crippen LogP contribution in [0.4, 0.5) is 10.1 Å². The SMILES string of the molecule is Cc1nn(Cc2ccccc2F)c(C)c1NC(=S)NC1CCCC1. The van der Waals surface area contributed by atoms with Crippen LogP contribution < -0.4 is 10.6 Å². The number of rotatable bonds is 4. The maximum atomic E-state index is 13.9. The van der Waals surface area contributed by atoms with Crippen LogP contribution in [0.5, 0.6) is 0 Å². The van der Waals surface area contributed by atoms with Crippen LogP contribution in [0.15, 0.2) is 24.3 Å². The third-order valence-corrected chi connectivity index (χ3v) is 4.81. The Hall–Kier alpha value is -1.95. The summed E-state index contributed by atoms with van der Waals surface area (Å²) in [6.45, 7) is 4.32. The van der Waals surface area contributed by atoms with Crippen LogP contribution in [-0.2, 0) is 6.54 Å². The number of benzene rings is 1. The predicted octanol–water partition coefficient (Wildman–Crippen LogP) is 3.92. The van der Waals surface area contributed by atoms with Crippen molar-refractivity contribution >= 4 is 23.0 Å². The number of anilines is 1. The van der Waals surface area contributed by atoms with Gasteiger partial charge in [-0.1, -0.05) is 31.0 Å². The zero-order chi connectivity index (χ0) is 17.1. The lowest BCUT2D eigenvalue weighted by Gasteiger charge is -2.16. The first-order valence-electron chi connectivity index (χ1n) is 8.39. The zero-order valence-electron chi connectivity index (χ0n) is 14.1. The van der Waals surface area contributed by atoms with E-state index in [0.717, 1.165) is 17.1 Å². The second-order valence-electron chi connectivity index (χ2n) is 6.37. The molecule has 4 nitrogen and oxygen atoms in total. The number of aryl methyl sites for hydroxylation is 1. The Labute approximate surface area is 147 Å². The molecule has 1 aliphatic rings. The molecule has 3 rings (SSSR count). The Bertz CT molecular complexity index is 735. The minimum Gasteiger partial charge on any atom is -0.360 e. The van der Waals surface area contributed by atoms with E-state index in [1.807, 2.05) is 24.6 Å². The molecular weight excluding hydrogens is 323 g/mol. The fourth-order valence-electron chi connectivity index (χ4n) is 3.22. The van der Waals surface area contributed by atoms with Crippen molar-refractivity contribution in [3.05, 3.63) is 47.0 Å². The third-order valence-electron chi connectivity index (χ3n) is 4.59. The fourth-order valence-corrected chi connectivity index (χ4v) is 3.49. The highest BCUT2D eigenvalue weighted by atomic mass is 32.1. The second kappa shape index (κ2) is 7.30. The molecule has 1 aromatic heterocycles. The molecule has 1 aliphatic carbocycles. The molecule has 1 heterocycles. The average Bonchev–Trinajstić information content (AvgIpc) is 3.14. The molecule has 1 fully saturated rings. The molecule has 1 aromatic carbocycles. The van der Waals surface area contributed by atoms with Crippen LogP contribution in [0.1, 0.15) is 42.6 Å². The van der Waals surface area contributed by atoms with Gasteiger partial charge in [0.25, 0.3) is 0 Å². The van der Waals surface area contributed by atoms with Crippen LogP contribution >= 0.6 is 12.2 Å². The lowest BCUT2D eigenvalue weighted by atomic mass is 10.2. The van der Waals surface area contributed by atoms with Gasteiger partial charge in [-0.15, -0.1) is 0 Å². The van der Waals surface area contributed by atoms with Gasteiger partial charge in [0, 0.05) is 11.6 Å². The summed E-state index contributed by atoms with van der Waals surface area (Å²) < 4.78 is 15.7. The smallest absolute Gasteiger partial charge is 0.171 e. The molecule has 0 radical (unpaired) electrons. The van der Waals surface area contributed by atoms with Crippen molar-refractivity contribution in [2.24, 2.45) is 0 Å². The molecule has 24 heavy (non-hydrogen) atoms. The van der Waals surface area contributed by atoms with Crippen molar-refractivity contribution in [3.8, 4) is 0 Å². The molecule has 0 amide bonds. The fraction of sp³-hybridized carbons (Fsp3) is 0.444. The first-order chi connectivity index (χ1) is 11.5. The molecule has 2 aromatic rings. The summed E-state index contributed by atoms with van der Waals surface area (Å²) in [6, 6.07) is 7.26. The monoisotopic (exact) mass is 346 g/mol. The summed E-state index contributed by atoms with van der Waals surface area (Å²) in [7, 11) is 0. The minimum atomic E-state index is -0.210. The number of thiocarbonyl (C=S) groups is 1. The number of nitrogens with one attached hydrogen (secondary N) is 2. The van der Waals surface area contributed by atoms with Gasteiger partial charge in [0.15, 0.2) is 5.11 Å². The maximum Gasteiger partial charge on any atom is 0.171 e. The van der Waals surface area contributed by atoms with E-state index < -0.39 is 0 Å². The summed E-state index contributed by atoms with van der Waals surface area (Å²) in [5, 5.41) is 11.8. The molecule has 0 saturated heterocycles. The van der Waals surface area contributed by atoms with Gasteiger partial charge in [-0.25, -0.2) is 4.39 Å². The quantitative estimate of drug-likeness (QED) is 0.824. The van der Waals surface area contributed by atoms with E-state index >= 15 is 0 Å². The van der Waals surface area contributed by atoms with Crippen molar-refractivity contribution in [2.45, 2.75) is 52.1 Å². The van der Waals surface area contributed by atoms with Gasteiger partial charge in [-0.3, -0.25) is 4.68 Å². The Morgan fingerprint density at radius 2 is 2.00 bits per heavy atom. The first-order valence-corrected chi connectivity index (χ1v) is 8.80. The summed E-state index contributed by atoms with van der Waals surface area (Å²) in [5.41, 5.74) is 3.34. The van der Waals surface area contributed by atoms with E-state index in [9.17, 15) is 4.39 Å². The van der Waals surface area contributed by atoms with Gasteiger partial charge in [-0.05, 0) is 45.0 Å². The summed E-state index contributed by atoms with van der Waals surface area (Å²) in [5.74, 6) is -0.210. The predicted molar refractivity (Wildman–Crippen MR) is 98.8 cm³/mol. The number of halogens is 1. The molecule has 128 valence electrons. The third kappa shape index (κ3) is 3.75. The van der Waals surface area contributed by atoms with E-state index in [0.29, 0.717) is 23.3 Å². The summed E-state index contributed by atoms with van der Waals surface area (Å²) in [4.78, 5) is 0. The number of aromatic nitrogens is 2. The molecule has 1 saturated carbocycles. The Morgan fingerprint density at radius 3 is 2.71 bits per heavy atom. The van der Waals surface area contributed by atoms with Crippen molar-refractivity contribution in [2.75, 3.05) is 5.32 Å². The van der Waals surface area contributed by atoms with Crippen LogP contribution in [0, 0.1) is 19.7 Å². The Balaban J connectivity index is 1.71. The highest BCUT2D eigenvalue weighted by Crippen LogP contribution is 2.22. The van der Waals surface area contributed by atoms with Gasteiger partial charge in [0.1, 0.15) is 5.82 Å². The molecule has 0 unspecified atom stereocenters. The van der Waals surface area contributed by atoms with Gasteiger partial charge in [-0.2, -0.15) is 5.10 Å². The Morgan fingerprint density at radius 1 is 1.29 bits per heavy atom. The lowest BCUT2D eigenvalue weighted by molar-refractivity contribution is 0.579. The highest BCUT2D eigenvalue weighted by Gasteiger charge is 2.18. The van der Waals surface area contributed by atoms with Crippen LogP contribution in [-0.4, -0.2) is 20.9 Å². The van der Waals surface area contributed by atoms with Gasteiger partial charge >= 0.3 is 0 Å². The minimum absolute atomic E-state index is 0.210. The van der Waals surface area contributed by atoms with Crippen molar-refractivity contribution in [1.82, 2.24) is 15.1 Å². The van der Waals surface area contributed by atoms with Crippen LogP contribution in [0.25, 0.3) is 0 Å². The molecular formula is C18H23FN4S. The topological polar surface area (TPSA) is 41.9 Å². The molecule has 0 aliphatic heterocycles. The van der Waals surface area contributed by atoms with Crippen LogP contribution in [0.2, 0.25) is 0 Å². The van der Waals surface area contributed by atoms with Gasteiger partial charge in [0.05, 0.1) is 23.6 Å².